The lowest BCUT2D eigenvalue weighted by molar-refractivity contribution is -0.0356. The average Bonchev–Trinajstić information content (AvgIpc) is 3.09. The summed E-state index contributed by atoms with van der Waals surface area (Å²) in [6.07, 6.45) is 6.10. The molecule has 3 aliphatic rings. The Bertz CT molecular complexity index is 657. The van der Waals surface area contributed by atoms with Crippen molar-refractivity contribution in [2.24, 2.45) is 4.99 Å². The number of aliphatic imine (C=N–C) groups is 1. The molecule has 108 valence electrons. The van der Waals surface area contributed by atoms with E-state index in [0.717, 1.165) is 43.4 Å². The van der Waals surface area contributed by atoms with E-state index in [1.165, 1.54) is 0 Å². The normalized spacial score (nSPS) is 36.5. The summed E-state index contributed by atoms with van der Waals surface area (Å²) in [5.41, 5.74) is 2.05. The fourth-order valence-corrected chi connectivity index (χ4v) is 3.86. The highest BCUT2D eigenvalue weighted by molar-refractivity contribution is 5.85. The molecule has 1 aromatic rings. The van der Waals surface area contributed by atoms with E-state index in [1.54, 1.807) is 0 Å². The largest absolute Gasteiger partial charge is 0.390 e. The molecule has 2 fully saturated rings. The quantitative estimate of drug-likeness (QED) is 0.847. The van der Waals surface area contributed by atoms with Crippen molar-refractivity contribution in [1.82, 2.24) is 0 Å². The predicted molar refractivity (Wildman–Crippen MR) is 78.2 cm³/mol. The molecule has 4 nitrogen and oxygen atoms in total. The van der Waals surface area contributed by atoms with Crippen molar-refractivity contribution in [3.05, 3.63) is 34.9 Å². The number of ether oxygens (including phenoxy) is 1. The predicted octanol–water partition coefficient (Wildman–Crippen LogP) is 2.50. The van der Waals surface area contributed by atoms with E-state index in [4.69, 9.17) is 10.00 Å². The van der Waals surface area contributed by atoms with Crippen LogP contribution in [0.3, 0.4) is 0 Å². The zero-order valence-electron chi connectivity index (χ0n) is 11.9. The molecule has 1 aromatic carbocycles. The van der Waals surface area contributed by atoms with Crippen LogP contribution in [0.5, 0.6) is 0 Å². The lowest BCUT2D eigenvalue weighted by Crippen LogP contribution is -2.40. The van der Waals surface area contributed by atoms with Crippen LogP contribution in [0, 0.1) is 11.3 Å². The third-order valence-corrected chi connectivity index (χ3v) is 5.02. The van der Waals surface area contributed by atoms with Gasteiger partial charge in [0.1, 0.15) is 0 Å². The molecule has 0 radical (unpaired) electrons. The maximum atomic E-state index is 10.9. The van der Waals surface area contributed by atoms with Crippen LogP contribution in [-0.4, -0.2) is 29.1 Å². The van der Waals surface area contributed by atoms with Gasteiger partial charge in [-0.2, -0.15) is 5.26 Å². The highest BCUT2D eigenvalue weighted by Crippen LogP contribution is 2.49. The fourth-order valence-electron chi connectivity index (χ4n) is 3.86. The van der Waals surface area contributed by atoms with E-state index in [9.17, 15) is 5.11 Å². The summed E-state index contributed by atoms with van der Waals surface area (Å²) in [5.74, 6) is 0. The molecule has 2 heterocycles. The third-order valence-electron chi connectivity index (χ3n) is 5.02. The number of aliphatic hydroxyl groups is 1. The smallest absolute Gasteiger partial charge is 0.0991 e. The van der Waals surface area contributed by atoms with Gasteiger partial charge >= 0.3 is 0 Å². The number of hydrogen-bond donors (Lipinski definition) is 1. The Morgan fingerprint density at radius 3 is 3.05 bits per heavy atom. The van der Waals surface area contributed by atoms with Crippen molar-refractivity contribution < 1.29 is 9.84 Å². The third kappa shape index (κ3) is 2.27. The summed E-state index contributed by atoms with van der Waals surface area (Å²) in [6.45, 7) is 0.790. The summed E-state index contributed by atoms with van der Waals surface area (Å²) >= 11 is 0. The number of hydrogen-bond acceptors (Lipinski definition) is 4. The van der Waals surface area contributed by atoms with Gasteiger partial charge in [-0.05, 0) is 42.5 Å². The highest BCUT2D eigenvalue weighted by atomic mass is 16.6. The minimum absolute atomic E-state index is 0.0350. The molecule has 4 rings (SSSR count). The molecule has 21 heavy (non-hydrogen) atoms. The number of nitriles is 1. The first-order valence-corrected chi connectivity index (χ1v) is 7.55. The Hall–Kier alpha value is -1.70. The van der Waals surface area contributed by atoms with Crippen molar-refractivity contribution in [1.29, 1.82) is 5.26 Å². The minimum atomic E-state index is -0.693. The van der Waals surface area contributed by atoms with Crippen LogP contribution in [0.25, 0.3) is 0 Å². The molecule has 0 aromatic heterocycles. The van der Waals surface area contributed by atoms with Gasteiger partial charge in [0, 0.05) is 19.1 Å². The summed E-state index contributed by atoms with van der Waals surface area (Å²) < 4.78 is 5.56. The standard InChI is InChI=1S/C17H18N2O2/c18-8-12-2-3-13-9-19-15(14(13)6-12)7-16(20)4-1-5-17(10-16)11-21-17/h2-3,6,9,15,20H,1,4-5,7,10-11H2/t15?,16-,17+/m1/s1. The Morgan fingerprint density at radius 1 is 1.43 bits per heavy atom. The van der Waals surface area contributed by atoms with Crippen LogP contribution in [0.2, 0.25) is 0 Å². The second-order valence-electron chi connectivity index (χ2n) is 6.68. The van der Waals surface area contributed by atoms with E-state index in [2.05, 4.69) is 11.1 Å². The van der Waals surface area contributed by atoms with Crippen molar-refractivity contribution in [2.45, 2.75) is 49.3 Å². The van der Waals surface area contributed by atoms with Crippen molar-refractivity contribution >= 4 is 6.21 Å². The summed E-state index contributed by atoms with van der Waals surface area (Å²) in [6, 6.07) is 7.80. The minimum Gasteiger partial charge on any atom is -0.390 e. The van der Waals surface area contributed by atoms with Gasteiger partial charge < -0.3 is 9.84 Å². The molecule has 4 heteroatoms. The monoisotopic (exact) mass is 282 g/mol. The molecule has 1 unspecified atom stereocenters. The van der Waals surface area contributed by atoms with Gasteiger partial charge in [-0.25, -0.2) is 0 Å². The number of rotatable bonds is 2. The lowest BCUT2D eigenvalue weighted by atomic mass is 9.74. The topological polar surface area (TPSA) is 68.9 Å². The molecular formula is C17H18N2O2. The summed E-state index contributed by atoms with van der Waals surface area (Å²) in [4.78, 5) is 4.55. The van der Waals surface area contributed by atoms with Crippen molar-refractivity contribution in [3.63, 3.8) is 0 Å². The number of epoxide rings is 1. The second-order valence-corrected chi connectivity index (χ2v) is 6.68. The zero-order chi connectivity index (χ0) is 14.5. The Balaban J connectivity index is 1.57. The Morgan fingerprint density at radius 2 is 2.29 bits per heavy atom. The van der Waals surface area contributed by atoms with Crippen molar-refractivity contribution in [3.8, 4) is 6.07 Å². The first kappa shape index (κ1) is 13.0. The summed E-state index contributed by atoms with van der Waals surface area (Å²) in [7, 11) is 0. The van der Waals surface area contributed by atoms with Gasteiger partial charge in [0.2, 0.25) is 0 Å². The van der Waals surface area contributed by atoms with Crippen LogP contribution < -0.4 is 0 Å². The Kier molecular flexibility index (Phi) is 2.72. The van der Waals surface area contributed by atoms with Gasteiger partial charge in [0.25, 0.3) is 0 Å². The van der Waals surface area contributed by atoms with E-state index in [-0.39, 0.29) is 11.6 Å². The molecule has 1 spiro atoms. The summed E-state index contributed by atoms with van der Waals surface area (Å²) in [5, 5.41) is 20.0. The van der Waals surface area contributed by atoms with E-state index in [1.807, 2.05) is 24.4 Å². The first-order chi connectivity index (χ1) is 10.1. The maximum absolute atomic E-state index is 10.9. The zero-order valence-corrected chi connectivity index (χ0v) is 11.9. The van der Waals surface area contributed by atoms with Gasteiger partial charge in [-0.1, -0.05) is 6.07 Å². The van der Waals surface area contributed by atoms with Crippen LogP contribution in [0.1, 0.15) is 54.8 Å². The first-order valence-electron chi connectivity index (χ1n) is 7.55. The molecule has 2 aliphatic heterocycles. The highest BCUT2D eigenvalue weighted by Gasteiger charge is 2.53. The number of nitrogens with zero attached hydrogens (tertiary/aromatic N) is 2. The molecule has 1 saturated carbocycles. The van der Waals surface area contributed by atoms with Crippen molar-refractivity contribution in [2.75, 3.05) is 6.61 Å². The molecule has 1 aliphatic carbocycles. The maximum Gasteiger partial charge on any atom is 0.0991 e. The van der Waals surface area contributed by atoms with E-state index < -0.39 is 5.60 Å². The van der Waals surface area contributed by atoms with E-state index >= 15 is 0 Å². The molecule has 1 saturated heterocycles. The second kappa shape index (κ2) is 4.40. The van der Waals surface area contributed by atoms with Crippen LogP contribution in [0.4, 0.5) is 0 Å². The van der Waals surface area contributed by atoms with Gasteiger partial charge in [0.15, 0.2) is 0 Å². The van der Waals surface area contributed by atoms with Crippen LogP contribution in [-0.2, 0) is 4.74 Å². The lowest BCUT2D eigenvalue weighted by Gasteiger charge is -2.36. The van der Waals surface area contributed by atoms with Crippen LogP contribution >= 0.6 is 0 Å². The average molecular weight is 282 g/mol. The molecule has 0 amide bonds. The SMILES string of the molecule is N#Cc1ccc2c(c1)C(C[C@]1(O)CCC[C@@]3(CO3)C1)N=C2. The molecular weight excluding hydrogens is 264 g/mol. The Labute approximate surface area is 124 Å². The van der Waals surface area contributed by atoms with Gasteiger partial charge in [0.05, 0.1) is 35.5 Å². The molecule has 0 bridgehead atoms. The van der Waals surface area contributed by atoms with E-state index in [0.29, 0.717) is 12.0 Å². The number of fused-ring (bicyclic) bond motifs is 1. The number of benzene rings is 1. The van der Waals surface area contributed by atoms with Gasteiger partial charge in [-0.3, -0.25) is 4.99 Å². The van der Waals surface area contributed by atoms with Crippen LogP contribution in [0.15, 0.2) is 23.2 Å². The molecule has 1 N–H and O–H groups in total. The molecule has 3 atom stereocenters. The van der Waals surface area contributed by atoms with Gasteiger partial charge in [-0.15, -0.1) is 0 Å². The fraction of sp³-hybridized carbons (Fsp3) is 0.529.